The van der Waals surface area contributed by atoms with Crippen LogP contribution in [0.2, 0.25) is 0 Å². The molecule has 0 fully saturated rings. The molecule has 1 N–H and O–H groups in total. The summed E-state index contributed by atoms with van der Waals surface area (Å²) in [4.78, 5) is 26.4. The molecule has 0 saturated carbocycles. The van der Waals surface area contributed by atoms with Gasteiger partial charge in [-0.2, -0.15) is 0 Å². The van der Waals surface area contributed by atoms with Gasteiger partial charge in [-0.1, -0.05) is 12.1 Å². The number of rotatable bonds is 4. The maximum Gasteiger partial charge on any atom is 0.272 e. The van der Waals surface area contributed by atoms with Crippen molar-refractivity contribution in [1.29, 1.82) is 0 Å². The number of hydrogen-bond acceptors (Lipinski definition) is 4. The number of aromatic amines is 1. The van der Waals surface area contributed by atoms with Crippen LogP contribution in [0.15, 0.2) is 67.0 Å². The molecule has 0 unspecified atom stereocenters. The lowest BCUT2D eigenvalue weighted by atomic mass is 10.0. The van der Waals surface area contributed by atoms with E-state index in [9.17, 15) is 9.18 Å². The summed E-state index contributed by atoms with van der Waals surface area (Å²) in [5, 5.41) is 0.888. The van der Waals surface area contributed by atoms with Gasteiger partial charge in [-0.25, -0.2) is 9.37 Å². The minimum absolute atomic E-state index is 0.0697. The Kier molecular flexibility index (Phi) is 5.15. The Bertz CT molecular complexity index is 1330. The first-order chi connectivity index (χ1) is 15.6. The van der Waals surface area contributed by atoms with E-state index in [0.717, 1.165) is 27.9 Å². The normalized spacial score (nSPS) is 13.8. The minimum atomic E-state index is -0.325. The van der Waals surface area contributed by atoms with Gasteiger partial charge in [-0.3, -0.25) is 9.78 Å². The fraction of sp³-hybridized carbons (Fsp3) is 0.160. The summed E-state index contributed by atoms with van der Waals surface area (Å²) in [5.41, 5.74) is 4.75. The second-order valence-electron chi connectivity index (χ2n) is 7.59. The van der Waals surface area contributed by atoms with Gasteiger partial charge in [0.15, 0.2) is 0 Å². The second-order valence-corrected chi connectivity index (χ2v) is 7.59. The predicted molar refractivity (Wildman–Crippen MR) is 121 cm³/mol. The van der Waals surface area contributed by atoms with E-state index >= 15 is 0 Å². The number of fused-ring (bicyclic) bond motifs is 1. The quantitative estimate of drug-likeness (QED) is 0.511. The lowest BCUT2D eigenvalue weighted by Gasteiger charge is -2.25. The van der Waals surface area contributed by atoms with Gasteiger partial charge in [0.25, 0.3) is 5.91 Å². The van der Waals surface area contributed by atoms with E-state index in [0.29, 0.717) is 36.5 Å². The smallest absolute Gasteiger partial charge is 0.272 e. The van der Waals surface area contributed by atoms with Gasteiger partial charge in [0.2, 0.25) is 0 Å². The molecule has 4 heterocycles. The van der Waals surface area contributed by atoms with Crippen molar-refractivity contribution in [3.8, 4) is 16.9 Å². The largest absolute Gasteiger partial charge is 0.496 e. The third kappa shape index (κ3) is 3.62. The van der Waals surface area contributed by atoms with Crippen molar-refractivity contribution in [3.05, 3.63) is 84.2 Å². The molecule has 0 spiro atoms. The van der Waals surface area contributed by atoms with Gasteiger partial charge in [-0.15, -0.1) is 0 Å². The van der Waals surface area contributed by atoms with Crippen molar-refractivity contribution in [2.45, 2.75) is 6.42 Å². The number of pyridine rings is 2. The molecule has 6 nitrogen and oxygen atoms in total. The van der Waals surface area contributed by atoms with E-state index in [2.05, 4.69) is 21.0 Å². The van der Waals surface area contributed by atoms with Crippen molar-refractivity contribution in [2.24, 2.45) is 0 Å². The number of nitrogens with one attached hydrogen (secondary N) is 1. The third-order valence-electron chi connectivity index (χ3n) is 5.71. The molecule has 0 saturated heterocycles. The fourth-order valence-corrected chi connectivity index (χ4v) is 4.07. The Morgan fingerprint density at radius 3 is 2.75 bits per heavy atom. The number of carbonyl (C=O) groups is 1. The summed E-state index contributed by atoms with van der Waals surface area (Å²) in [6, 6.07) is 13.7. The van der Waals surface area contributed by atoms with Crippen LogP contribution in [0.5, 0.6) is 5.75 Å². The first-order valence-electron chi connectivity index (χ1n) is 10.4. The second kappa shape index (κ2) is 8.26. The number of benzene rings is 1. The average Bonchev–Trinajstić information content (AvgIpc) is 3.29. The summed E-state index contributed by atoms with van der Waals surface area (Å²) in [6.07, 6.45) is 6.09. The molecule has 3 aromatic heterocycles. The highest BCUT2D eigenvalue weighted by Crippen LogP contribution is 2.36. The standard InChI is InChI=1S/C25H21FN4O2/c1-32-23-6-5-17(26)14-19(23)18-7-11-28-24-20(18)15-22(29-24)16-8-12-30(13-9-16)25(31)21-4-2-3-10-27-21/h2-8,10-11,14-15H,9,12-13H2,1H3,(H,28,29). The zero-order chi connectivity index (χ0) is 22.1. The number of nitrogens with zero attached hydrogens (tertiary/aromatic N) is 3. The van der Waals surface area contributed by atoms with E-state index in [4.69, 9.17) is 4.74 Å². The lowest BCUT2D eigenvalue weighted by molar-refractivity contribution is 0.0767. The van der Waals surface area contributed by atoms with E-state index in [1.807, 2.05) is 18.2 Å². The van der Waals surface area contributed by atoms with E-state index < -0.39 is 0 Å². The molecule has 0 atom stereocenters. The topological polar surface area (TPSA) is 71.1 Å². The summed E-state index contributed by atoms with van der Waals surface area (Å²) < 4.78 is 19.4. The molecular weight excluding hydrogens is 407 g/mol. The number of carbonyl (C=O) groups excluding carboxylic acids is 1. The van der Waals surface area contributed by atoms with Crippen molar-refractivity contribution >= 4 is 22.5 Å². The van der Waals surface area contributed by atoms with Crippen LogP contribution in [-0.2, 0) is 0 Å². The Labute approximate surface area is 184 Å². The average molecular weight is 428 g/mol. The summed E-state index contributed by atoms with van der Waals surface area (Å²) >= 11 is 0. The van der Waals surface area contributed by atoms with Crippen LogP contribution < -0.4 is 4.74 Å². The van der Waals surface area contributed by atoms with Gasteiger partial charge in [0.05, 0.1) is 7.11 Å². The zero-order valence-electron chi connectivity index (χ0n) is 17.5. The zero-order valence-corrected chi connectivity index (χ0v) is 17.5. The number of ether oxygens (including phenoxy) is 1. The van der Waals surface area contributed by atoms with Crippen molar-refractivity contribution in [2.75, 3.05) is 20.2 Å². The number of halogens is 1. The Morgan fingerprint density at radius 2 is 2.00 bits per heavy atom. The molecule has 7 heteroatoms. The number of hydrogen-bond donors (Lipinski definition) is 1. The first kappa shape index (κ1) is 19.9. The molecule has 0 radical (unpaired) electrons. The van der Waals surface area contributed by atoms with Gasteiger partial charge in [0.1, 0.15) is 22.9 Å². The molecule has 5 rings (SSSR count). The van der Waals surface area contributed by atoms with Crippen LogP contribution in [0.25, 0.3) is 27.7 Å². The van der Waals surface area contributed by atoms with E-state index in [1.165, 1.54) is 12.1 Å². The number of amides is 1. The third-order valence-corrected chi connectivity index (χ3v) is 5.71. The summed E-state index contributed by atoms with van der Waals surface area (Å²) in [7, 11) is 1.57. The van der Waals surface area contributed by atoms with Crippen LogP contribution in [0, 0.1) is 5.82 Å². The molecule has 160 valence electrons. The van der Waals surface area contributed by atoms with Gasteiger partial charge in [-0.05, 0) is 60.0 Å². The van der Waals surface area contributed by atoms with E-state index in [-0.39, 0.29) is 11.7 Å². The molecule has 1 amide bonds. The van der Waals surface area contributed by atoms with Crippen LogP contribution in [0.4, 0.5) is 4.39 Å². The molecule has 0 aliphatic carbocycles. The SMILES string of the molecule is COc1ccc(F)cc1-c1ccnc2[nH]c(C3=CCN(C(=O)c4ccccn4)CC3)cc12. The lowest BCUT2D eigenvalue weighted by Crippen LogP contribution is -2.35. The molecule has 32 heavy (non-hydrogen) atoms. The molecule has 4 aromatic rings. The van der Waals surface area contributed by atoms with Crippen molar-refractivity contribution in [3.63, 3.8) is 0 Å². The highest BCUT2D eigenvalue weighted by molar-refractivity contribution is 5.97. The Morgan fingerprint density at radius 1 is 1.09 bits per heavy atom. The molecule has 0 bridgehead atoms. The predicted octanol–water partition coefficient (Wildman–Crippen LogP) is 4.70. The van der Waals surface area contributed by atoms with Gasteiger partial charge in [0, 0.05) is 42.1 Å². The number of methoxy groups -OCH3 is 1. The van der Waals surface area contributed by atoms with Crippen LogP contribution in [0.3, 0.4) is 0 Å². The van der Waals surface area contributed by atoms with Crippen molar-refractivity contribution in [1.82, 2.24) is 19.9 Å². The Hall–Kier alpha value is -4.00. The van der Waals surface area contributed by atoms with Crippen LogP contribution in [0.1, 0.15) is 22.6 Å². The molecule has 1 aliphatic rings. The molecular formula is C25H21FN4O2. The number of aromatic nitrogens is 3. The number of H-pyrrole nitrogens is 1. The maximum atomic E-state index is 14.0. The van der Waals surface area contributed by atoms with Crippen LogP contribution in [-0.4, -0.2) is 46.0 Å². The highest BCUT2D eigenvalue weighted by Gasteiger charge is 2.21. The van der Waals surface area contributed by atoms with Gasteiger partial charge >= 0.3 is 0 Å². The Balaban J connectivity index is 1.46. The van der Waals surface area contributed by atoms with Crippen molar-refractivity contribution < 1.29 is 13.9 Å². The summed E-state index contributed by atoms with van der Waals surface area (Å²) in [5.74, 6) is 0.205. The minimum Gasteiger partial charge on any atom is -0.496 e. The monoisotopic (exact) mass is 428 g/mol. The highest BCUT2D eigenvalue weighted by atomic mass is 19.1. The van der Waals surface area contributed by atoms with Gasteiger partial charge < -0.3 is 14.6 Å². The maximum absolute atomic E-state index is 14.0. The first-order valence-corrected chi connectivity index (χ1v) is 10.4. The molecule has 1 aromatic carbocycles. The fourth-order valence-electron chi connectivity index (χ4n) is 4.07. The van der Waals surface area contributed by atoms with E-state index in [1.54, 1.807) is 42.6 Å². The molecule has 1 aliphatic heterocycles. The summed E-state index contributed by atoms with van der Waals surface area (Å²) in [6.45, 7) is 1.12. The van der Waals surface area contributed by atoms with Crippen LogP contribution >= 0.6 is 0 Å².